The molecule has 0 radical (unpaired) electrons. The van der Waals surface area contributed by atoms with Crippen molar-refractivity contribution in [2.75, 3.05) is 13.7 Å². The Bertz CT molecular complexity index is 465. The smallest absolute Gasteiger partial charge is 0.0749 e. The highest BCUT2D eigenvalue weighted by molar-refractivity contribution is 5.81. The van der Waals surface area contributed by atoms with Gasteiger partial charge in [0.2, 0.25) is 0 Å². The number of fused-ring (bicyclic) bond motifs is 1. The molecule has 0 aliphatic carbocycles. The number of ether oxygens (including phenoxy) is 1. The molecule has 0 spiro atoms. The molecule has 0 aliphatic rings. The summed E-state index contributed by atoms with van der Waals surface area (Å²) >= 11 is 0. The molecule has 1 atom stereocenters. The van der Waals surface area contributed by atoms with Gasteiger partial charge in [0, 0.05) is 31.3 Å². The lowest BCUT2D eigenvalue weighted by Gasteiger charge is -2.13. The van der Waals surface area contributed by atoms with Crippen LogP contribution in [-0.4, -0.2) is 18.7 Å². The number of methoxy groups -OCH3 is 1. The van der Waals surface area contributed by atoms with E-state index in [1.807, 2.05) is 18.2 Å². The first-order valence-corrected chi connectivity index (χ1v) is 5.41. The molecule has 16 heavy (non-hydrogen) atoms. The Kier molecular flexibility index (Phi) is 3.49. The van der Waals surface area contributed by atoms with Crippen molar-refractivity contribution < 1.29 is 4.74 Å². The minimum absolute atomic E-state index is 0.0152. The molecule has 0 saturated carbocycles. The largest absolute Gasteiger partial charge is 0.385 e. The second-order valence-electron chi connectivity index (χ2n) is 3.81. The highest BCUT2D eigenvalue weighted by atomic mass is 16.5. The Morgan fingerprint density at radius 1 is 1.31 bits per heavy atom. The summed E-state index contributed by atoms with van der Waals surface area (Å²) in [5.74, 6) is 0. The molecule has 0 amide bonds. The molecule has 1 aromatic carbocycles. The van der Waals surface area contributed by atoms with E-state index in [4.69, 9.17) is 10.5 Å². The minimum Gasteiger partial charge on any atom is -0.385 e. The molecule has 1 unspecified atom stereocenters. The Hall–Kier alpha value is -1.45. The van der Waals surface area contributed by atoms with Crippen molar-refractivity contribution in [1.82, 2.24) is 4.98 Å². The van der Waals surface area contributed by atoms with Gasteiger partial charge in [-0.1, -0.05) is 24.3 Å². The van der Waals surface area contributed by atoms with E-state index in [0.29, 0.717) is 6.61 Å². The number of hydrogen-bond acceptors (Lipinski definition) is 3. The van der Waals surface area contributed by atoms with Gasteiger partial charge in [-0.2, -0.15) is 0 Å². The summed E-state index contributed by atoms with van der Waals surface area (Å²) in [5.41, 5.74) is 8.21. The number of pyridine rings is 1. The lowest BCUT2D eigenvalue weighted by molar-refractivity contribution is 0.188. The predicted octanol–water partition coefficient (Wildman–Crippen LogP) is 2.27. The fourth-order valence-electron chi connectivity index (χ4n) is 1.83. The Balaban J connectivity index is 2.36. The normalized spacial score (nSPS) is 12.9. The van der Waals surface area contributed by atoms with Gasteiger partial charge in [0.05, 0.1) is 5.52 Å². The van der Waals surface area contributed by atoms with Gasteiger partial charge < -0.3 is 10.5 Å². The number of rotatable bonds is 4. The van der Waals surface area contributed by atoms with E-state index < -0.39 is 0 Å². The van der Waals surface area contributed by atoms with Crippen LogP contribution in [0.5, 0.6) is 0 Å². The first-order chi connectivity index (χ1) is 7.83. The Labute approximate surface area is 95.2 Å². The molecule has 0 fully saturated rings. The molecule has 0 aliphatic heterocycles. The molecule has 3 nitrogen and oxygen atoms in total. The zero-order valence-electron chi connectivity index (χ0n) is 9.39. The SMILES string of the molecule is COCCC(N)c1cccc2cccnc12. The maximum absolute atomic E-state index is 6.13. The van der Waals surface area contributed by atoms with Crippen LogP contribution < -0.4 is 5.73 Å². The third-order valence-corrected chi connectivity index (χ3v) is 2.70. The number of nitrogens with zero attached hydrogens (tertiary/aromatic N) is 1. The maximum atomic E-state index is 6.13. The predicted molar refractivity (Wildman–Crippen MR) is 65.2 cm³/mol. The number of para-hydroxylation sites is 1. The number of aromatic nitrogens is 1. The molecule has 3 heteroatoms. The third-order valence-electron chi connectivity index (χ3n) is 2.70. The zero-order chi connectivity index (χ0) is 11.4. The molecular formula is C13H16N2O. The monoisotopic (exact) mass is 216 g/mol. The molecule has 1 heterocycles. The number of nitrogens with two attached hydrogens (primary N) is 1. The molecular weight excluding hydrogens is 200 g/mol. The third kappa shape index (κ3) is 2.21. The maximum Gasteiger partial charge on any atom is 0.0749 e. The van der Waals surface area contributed by atoms with Crippen LogP contribution in [0.4, 0.5) is 0 Å². The summed E-state index contributed by atoms with van der Waals surface area (Å²) in [7, 11) is 1.69. The van der Waals surface area contributed by atoms with Crippen molar-refractivity contribution in [2.24, 2.45) is 5.73 Å². The lowest BCUT2D eigenvalue weighted by atomic mass is 10.0. The Morgan fingerprint density at radius 2 is 2.12 bits per heavy atom. The van der Waals surface area contributed by atoms with Crippen LogP contribution in [0.1, 0.15) is 18.0 Å². The number of benzene rings is 1. The highest BCUT2D eigenvalue weighted by Gasteiger charge is 2.09. The fraction of sp³-hybridized carbons (Fsp3) is 0.308. The van der Waals surface area contributed by atoms with Crippen LogP contribution in [0.3, 0.4) is 0 Å². The standard InChI is InChI=1S/C13H16N2O/c1-16-9-7-12(14)11-6-2-4-10-5-3-8-15-13(10)11/h2-6,8,12H,7,9,14H2,1H3. The van der Waals surface area contributed by atoms with E-state index >= 15 is 0 Å². The van der Waals surface area contributed by atoms with E-state index in [2.05, 4.69) is 17.1 Å². The van der Waals surface area contributed by atoms with Gasteiger partial charge in [-0.15, -0.1) is 0 Å². The molecule has 84 valence electrons. The van der Waals surface area contributed by atoms with Gasteiger partial charge in [0.1, 0.15) is 0 Å². The van der Waals surface area contributed by atoms with Gasteiger partial charge in [-0.3, -0.25) is 4.98 Å². The molecule has 0 saturated heterocycles. The first kappa shape index (κ1) is 11.0. The van der Waals surface area contributed by atoms with Crippen LogP contribution in [0.15, 0.2) is 36.5 Å². The van der Waals surface area contributed by atoms with Crippen molar-refractivity contribution in [3.63, 3.8) is 0 Å². The van der Waals surface area contributed by atoms with Crippen molar-refractivity contribution in [3.8, 4) is 0 Å². The van der Waals surface area contributed by atoms with Crippen molar-refractivity contribution in [3.05, 3.63) is 42.1 Å². The average Bonchev–Trinajstić information content (AvgIpc) is 2.35. The van der Waals surface area contributed by atoms with Gasteiger partial charge >= 0.3 is 0 Å². The topological polar surface area (TPSA) is 48.1 Å². The molecule has 2 N–H and O–H groups in total. The van der Waals surface area contributed by atoms with E-state index in [-0.39, 0.29) is 6.04 Å². The summed E-state index contributed by atoms with van der Waals surface area (Å²) in [6.07, 6.45) is 2.61. The van der Waals surface area contributed by atoms with Crippen LogP contribution in [0.2, 0.25) is 0 Å². The molecule has 2 aromatic rings. The molecule has 1 aromatic heterocycles. The van der Waals surface area contributed by atoms with Crippen molar-refractivity contribution in [2.45, 2.75) is 12.5 Å². The quantitative estimate of drug-likeness (QED) is 0.852. The van der Waals surface area contributed by atoms with Gasteiger partial charge in [-0.25, -0.2) is 0 Å². The number of hydrogen-bond donors (Lipinski definition) is 1. The van der Waals surface area contributed by atoms with E-state index in [0.717, 1.165) is 22.9 Å². The summed E-state index contributed by atoms with van der Waals surface area (Å²) in [5, 5.41) is 1.13. The van der Waals surface area contributed by atoms with Gasteiger partial charge in [0.25, 0.3) is 0 Å². The summed E-state index contributed by atoms with van der Waals surface area (Å²) in [4.78, 5) is 4.39. The average molecular weight is 216 g/mol. The fourth-order valence-corrected chi connectivity index (χ4v) is 1.83. The Morgan fingerprint density at radius 3 is 2.94 bits per heavy atom. The minimum atomic E-state index is -0.0152. The second-order valence-corrected chi connectivity index (χ2v) is 3.81. The summed E-state index contributed by atoms with van der Waals surface area (Å²) < 4.78 is 5.05. The van der Waals surface area contributed by atoms with Gasteiger partial charge in [-0.05, 0) is 18.1 Å². The van der Waals surface area contributed by atoms with Crippen LogP contribution in [0.25, 0.3) is 10.9 Å². The van der Waals surface area contributed by atoms with E-state index in [1.54, 1.807) is 13.3 Å². The van der Waals surface area contributed by atoms with Gasteiger partial charge in [0.15, 0.2) is 0 Å². The lowest BCUT2D eigenvalue weighted by Crippen LogP contribution is -2.13. The van der Waals surface area contributed by atoms with E-state index in [9.17, 15) is 0 Å². The highest BCUT2D eigenvalue weighted by Crippen LogP contribution is 2.22. The molecule has 2 rings (SSSR count). The second kappa shape index (κ2) is 5.05. The first-order valence-electron chi connectivity index (χ1n) is 5.41. The zero-order valence-corrected chi connectivity index (χ0v) is 9.39. The van der Waals surface area contributed by atoms with Crippen molar-refractivity contribution in [1.29, 1.82) is 0 Å². The van der Waals surface area contributed by atoms with Crippen LogP contribution in [-0.2, 0) is 4.74 Å². The summed E-state index contributed by atoms with van der Waals surface area (Å²) in [6, 6.07) is 10.1. The molecule has 0 bridgehead atoms. The van der Waals surface area contributed by atoms with Crippen LogP contribution in [0, 0.1) is 0 Å². The van der Waals surface area contributed by atoms with Crippen LogP contribution >= 0.6 is 0 Å². The van der Waals surface area contributed by atoms with Crippen molar-refractivity contribution >= 4 is 10.9 Å². The van der Waals surface area contributed by atoms with E-state index in [1.165, 1.54) is 0 Å². The summed E-state index contributed by atoms with van der Waals surface area (Å²) in [6.45, 7) is 0.671.